The molecular weight excluding hydrogens is 310 g/mol. The molecule has 0 unspecified atom stereocenters. The Morgan fingerprint density at radius 3 is 2.35 bits per heavy atom. The minimum Gasteiger partial charge on any atom is -0.452 e. The molecule has 0 aromatic heterocycles. The molecule has 8 heteroatoms. The van der Waals surface area contributed by atoms with E-state index < -0.39 is 36.2 Å². The number of nitrogens with one attached hydrogen (secondary N) is 2. The summed E-state index contributed by atoms with van der Waals surface area (Å²) >= 11 is 0. The second-order valence-corrected chi connectivity index (χ2v) is 4.81. The summed E-state index contributed by atoms with van der Waals surface area (Å²) in [5.74, 6) is -3.96. The third kappa shape index (κ3) is 6.41. The lowest BCUT2D eigenvalue weighted by Crippen LogP contribution is -2.46. The van der Waals surface area contributed by atoms with Gasteiger partial charge in [0.2, 0.25) is 5.91 Å². The molecule has 126 valence electrons. The van der Waals surface area contributed by atoms with Crippen molar-refractivity contribution in [2.75, 3.05) is 13.2 Å². The lowest BCUT2D eigenvalue weighted by molar-refractivity contribution is -0.130. The summed E-state index contributed by atoms with van der Waals surface area (Å²) in [5, 5.41) is 4.94. The molecule has 0 heterocycles. The van der Waals surface area contributed by atoms with E-state index in [4.69, 9.17) is 0 Å². The summed E-state index contributed by atoms with van der Waals surface area (Å²) in [6.07, 6.45) is 0.758. The van der Waals surface area contributed by atoms with Crippen LogP contribution >= 0.6 is 0 Å². The average molecular weight is 328 g/mol. The van der Waals surface area contributed by atoms with E-state index in [9.17, 15) is 23.2 Å². The molecule has 0 aliphatic heterocycles. The molecule has 1 aromatic carbocycles. The maximum atomic E-state index is 13.0. The van der Waals surface area contributed by atoms with Crippen LogP contribution in [0.4, 0.5) is 8.78 Å². The van der Waals surface area contributed by atoms with Gasteiger partial charge in [-0.3, -0.25) is 9.59 Å². The van der Waals surface area contributed by atoms with Gasteiger partial charge in [0.25, 0.3) is 5.91 Å². The Bertz CT molecular complexity index is 573. The van der Waals surface area contributed by atoms with Gasteiger partial charge >= 0.3 is 5.97 Å². The highest BCUT2D eigenvalue weighted by molar-refractivity contribution is 5.92. The molecule has 2 N–H and O–H groups in total. The summed E-state index contributed by atoms with van der Waals surface area (Å²) in [7, 11) is 0. The minimum absolute atomic E-state index is 0.343. The highest BCUT2D eigenvalue weighted by atomic mass is 19.1. The Morgan fingerprint density at radius 1 is 1.17 bits per heavy atom. The smallest absolute Gasteiger partial charge is 0.338 e. The predicted octanol–water partition coefficient (Wildman–Crippen LogP) is 1.15. The molecule has 1 rings (SSSR count). The summed E-state index contributed by atoms with van der Waals surface area (Å²) in [6.45, 7) is 3.19. The number of ether oxygens (including phenoxy) is 1. The van der Waals surface area contributed by atoms with Gasteiger partial charge in [0, 0.05) is 12.6 Å². The van der Waals surface area contributed by atoms with E-state index in [0.29, 0.717) is 12.6 Å². The van der Waals surface area contributed by atoms with Crippen LogP contribution in [-0.4, -0.2) is 37.0 Å². The Balaban J connectivity index is 2.46. The van der Waals surface area contributed by atoms with Gasteiger partial charge in [-0.2, -0.15) is 0 Å². The first-order valence-corrected chi connectivity index (χ1v) is 7.03. The minimum atomic E-state index is -1.04. The first-order valence-electron chi connectivity index (χ1n) is 7.03. The zero-order valence-corrected chi connectivity index (χ0v) is 12.8. The molecule has 0 fully saturated rings. The molecule has 1 aromatic rings. The Labute approximate surface area is 132 Å². The van der Waals surface area contributed by atoms with Gasteiger partial charge < -0.3 is 15.4 Å². The SMILES string of the molecule is CCCNC(=O)[C@H](C)NC(=O)COC(=O)c1cc(F)cc(F)c1. The monoisotopic (exact) mass is 328 g/mol. The van der Waals surface area contributed by atoms with E-state index in [-0.39, 0.29) is 11.5 Å². The summed E-state index contributed by atoms with van der Waals surface area (Å²) in [6, 6.07) is 1.41. The fraction of sp³-hybridized carbons (Fsp3) is 0.400. The Morgan fingerprint density at radius 2 is 1.78 bits per heavy atom. The van der Waals surface area contributed by atoms with Gasteiger partial charge in [-0.15, -0.1) is 0 Å². The number of amides is 2. The van der Waals surface area contributed by atoms with Crippen molar-refractivity contribution in [3.63, 3.8) is 0 Å². The average Bonchev–Trinajstić information content (AvgIpc) is 2.49. The van der Waals surface area contributed by atoms with Crippen molar-refractivity contribution >= 4 is 17.8 Å². The molecule has 2 amide bonds. The number of esters is 1. The van der Waals surface area contributed by atoms with Gasteiger partial charge in [0.15, 0.2) is 6.61 Å². The first kappa shape index (κ1) is 18.5. The molecule has 6 nitrogen and oxygen atoms in total. The second-order valence-electron chi connectivity index (χ2n) is 4.81. The van der Waals surface area contributed by atoms with Crippen LogP contribution in [0.25, 0.3) is 0 Å². The fourth-order valence-electron chi connectivity index (χ4n) is 1.64. The van der Waals surface area contributed by atoms with Crippen LogP contribution in [0, 0.1) is 11.6 Å². The van der Waals surface area contributed by atoms with Gasteiger partial charge in [0.05, 0.1) is 5.56 Å². The molecule has 0 bridgehead atoms. The van der Waals surface area contributed by atoms with E-state index in [0.717, 1.165) is 18.6 Å². The molecule has 0 aliphatic carbocycles. The summed E-state index contributed by atoms with van der Waals surface area (Å²) in [4.78, 5) is 34.7. The van der Waals surface area contributed by atoms with E-state index in [1.807, 2.05) is 6.92 Å². The van der Waals surface area contributed by atoms with E-state index in [2.05, 4.69) is 15.4 Å². The predicted molar refractivity (Wildman–Crippen MR) is 77.5 cm³/mol. The largest absolute Gasteiger partial charge is 0.452 e. The Kier molecular flexibility index (Phi) is 7.11. The van der Waals surface area contributed by atoms with Crippen molar-refractivity contribution in [1.29, 1.82) is 0 Å². The van der Waals surface area contributed by atoms with E-state index in [1.54, 1.807) is 0 Å². The van der Waals surface area contributed by atoms with Crippen LogP contribution in [0.1, 0.15) is 30.6 Å². The number of carbonyl (C=O) groups excluding carboxylic acids is 3. The van der Waals surface area contributed by atoms with Crippen LogP contribution in [0.3, 0.4) is 0 Å². The van der Waals surface area contributed by atoms with Crippen molar-refractivity contribution in [1.82, 2.24) is 10.6 Å². The second kappa shape index (κ2) is 8.82. The van der Waals surface area contributed by atoms with Gasteiger partial charge in [0.1, 0.15) is 17.7 Å². The van der Waals surface area contributed by atoms with Crippen molar-refractivity contribution in [2.45, 2.75) is 26.3 Å². The third-order valence-corrected chi connectivity index (χ3v) is 2.75. The van der Waals surface area contributed by atoms with Crippen molar-refractivity contribution in [3.05, 3.63) is 35.4 Å². The van der Waals surface area contributed by atoms with E-state index in [1.165, 1.54) is 6.92 Å². The highest BCUT2D eigenvalue weighted by Crippen LogP contribution is 2.09. The molecule has 0 saturated heterocycles. The molecule has 0 saturated carbocycles. The standard InChI is InChI=1S/C15H18F2N2O4/c1-3-4-18-14(21)9(2)19-13(20)8-23-15(22)10-5-11(16)7-12(17)6-10/h5-7,9H,3-4,8H2,1-2H3,(H,18,21)(H,19,20)/t9-/m0/s1. The molecule has 0 spiro atoms. The zero-order chi connectivity index (χ0) is 17.4. The first-order chi connectivity index (χ1) is 10.8. The van der Waals surface area contributed by atoms with Crippen LogP contribution < -0.4 is 10.6 Å². The normalized spacial score (nSPS) is 11.5. The fourth-order valence-corrected chi connectivity index (χ4v) is 1.64. The van der Waals surface area contributed by atoms with Crippen LogP contribution in [0.5, 0.6) is 0 Å². The van der Waals surface area contributed by atoms with Gasteiger partial charge in [-0.05, 0) is 25.5 Å². The lowest BCUT2D eigenvalue weighted by Gasteiger charge is -2.13. The molecular formula is C15H18F2N2O4. The summed E-state index contributed by atoms with van der Waals surface area (Å²) < 4.78 is 30.6. The molecule has 23 heavy (non-hydrogen) atoms. The number of hydrogen-bond acceptors (Lipinski definition) is 4. The topological polar surface area (TPSA) is 84.5 Å². The Hall–Kier alpha value is -2.51. The van der Waals surface area contributed by atoms with Crippen LogP contribution in [0.15, 0.2) is 18.2 Å². The van der Waals surface area contributed by atoms with Crippen molar-refractivity contribution in [2.24, 2.45) is 0 Å². The number of carbonyl (C=O) groups is 3. The molecule has 0 radical (unpaired) electrons. The number of hydrogen-bond donors (Lipinski definition) is 2. The van der Waals surface area contributed by atoms with Crippen molar-refractivity contribution < 1.29 is 27.9 Å². The third-order valence-electron chi connectivity index (χ3n) is 2.75. The highest BCUT2D eigenvalue weighted by Gasteiger charge is 2.17. The van der Waals surface area contributed by atoms with Gasteiger partial charge in [-0.25, -0.2) is 13.6 Å². The number of halogens is 2. The lowest BCUT2D eigenvalue weighted by atomic mass is 10.2. The van der Waals surface area contributed by atoms with E-state index >= 15 is 0 Å². The zero-order valence-electron chi connectivity index (χ0n) is 12.8. The van der Waals surface area contributed by atoms with Crippen LogP contribution in [0.2, 0.25) is 0 Å². The number of rotatable bonds is 7. The summed E-state index contributed by atoms with van der Waals surface area (Å²) in [5.41, 5.74) is -0.343. The molecule has 0 aliphatic rings. The van der Waals surface area contributed by atoms with Gasteiger partial charge in [-0.1, -0.05) is 6.92 Å². The maximum Gasteiger partial charge on any atom is 0.338 e. The van der Waals surface area contributed by atoms with Crippen molar-refractivity contribution in [3.8, 4) is 0 Å². The quantitative estimate of drug-likeness (QED) is 0.736. The maximum absolute atomic E-state index is 13.0. The number of benzene rings is 1. The molecule has 1 atom stereocenters. The van der Waals surface area contributed by atoms with Crippen LogP contribution in [-0.2, 0) is 14.3 Å².